The molecule has 0 saturated heterocycles. The van der Waals surface area contributed by atoms with Gasteiger partial charge in [-0.2, -0.15) is 0 Å². The lowest BCUT2D eigenvalue weighted by atomic mass is 9.97. The van der Waals surface area contributed by atoms with Gasteiger partial charge in [0.15, 0.2) is 0 Å². The fourth-order valence-corrected chi connectivity index (χ4v) is 3.18. The number of carboxylic acids is 1. The minimum atomic E-state index is -1.90. The van der Waals surface area contributed by atoms with Crippen molar-refractivity contribution in [2.45, 2.75) is 25.8 Å². The highest BCUT2D eigenvalue weighted by Gasteiger charge is 2.41. The van der Waals surface area contributed by atoms with Crippen molar-refractivity contribution < 1.29 is 18.8 Å². The summed E-state index contributed by atoms with van der Waals surface area (Å²) >= 11 is 0. The second-order valence-corrected chi connectivity index (χ2v) is 6.78. The summed E-state index contributed by atoms with van der Waals surface area (Å²) in [5, 5.41) is 8.46. The smallest absolute Gasteiger partial charge is 0.327 e. The Balaban J connectivity index is 4.60. The topological polar surface area (TPSA) is 55.8 Å². The van der Waals surface area contributed by atoms with E-state index >= 15 is 0 Å². The second-order valence-electron chi connectivity index (χ2n) is 3.68. The molecule has 1 N–H and O–H groups in total. The maximum Gasteiger partial charge on any atom is 0.327 e. The summed E-state index contributed by atoms with van der Waals surface area (Å²) in [4.78, 5) is 10.8. The molecule has 0 aromatic carbocycles. The minimum Gasteiger partial charge on any atom is -0.481 e. The summed E-state index contributed by atoms with van der Waals surface area (Å²) in [5.74, 6) is -1.26. The van der Waals surface area contributed by atoms with Crippen molar-refractivity contribution in [2.75, 3.05) is 14.2 Å². The Hall–Kier alpha value is -0.393. The second kappa shape index (κ2) is 4.73. The van der Waals surface area contributed by atoms with Gasteiger partial charge in [0.1, 0.15) is 0 Å². The van der Waals surface area contributed by atoms with E-state index < -0.39 is 26.2 Å². The molecule has 0 saturated carbocycles. The fraction of sp³-hybridized carbons (Fsp3) is 0.875. The lowest BCUT2D eigenvalue weighted by Gasteiger charge is -2.33. The van der Waals surface area contributed by atoms with Crippen LogP contribution in [0.3, 0.4) is 0 Å². The van der Waals surface area contributed by atoms with Gasteiger partial charge in [0, 0.05) is 19.3 Å². The number of aliphatic carboxylic acids is 1. The number of hydrogen-bond donors (Lipinski definition) is 1. The molecule has 0 aliphatic rings. The van der Waals surface area contributed by atoms with E-state index in [4.69, 9.17) is 14.0 Å². The average molecular weight is 206 g/mol. The van der Waals surface area contributed by atoms with Crippen molar-refractivity contribution >= 4 is 15.3 Å². The molecule has 4 nitrogen and oxygen atoms in total. The van der Waals surface area contributed by atoms with Gasteiger partial charge in [-0.15, -0.1) is 0 Å². The molecule has 0 spiro atoms. The molecule has 0 aliphatic carbocycles. The summed E-state index contributed by atoms with van der Waals surface area (Å²) in [5.41, 5.74) is 0. The van der Waals surface area contributed by atoms with Crippen molar-refractivity contribution in [1.29, 1.82) is 0 Å². The molecular formula is C8H18O4Si. The molecule has 1 atom stereocenters. The first-order valence-corrected chi connectivity index (χ1v) is 5.68. The number of rotatable bonds is 5. The highest BCUT2D eigenvalue weighted by atomic mass is 28.3. The Bertz CT molecular complexity index is 177. The van der Waals surface area contributed by atoms with Gasteiger partial charge >= 0.3 is 15.3 Å². The Morgan fingerprint density at radius 3 is 2.00 bits per heavy atom. The van der Waals surface area contributed by atoms with E-state index in [9.17, 15) is 4.79 Å². The van der Waals surface area contributed by atoms with Crippen LogP contribution in [0.5, 0.6) is 0 Å². The molecule has 0 rings (SSSR count). The van der Waals surface area contributed by atoms with Crippen molar-refractivity contribution in [3.05, 3.63) is 0 Å². The van der Waals surface area contributed by atoms with Gasteiger partial charge in [0.2, 0.25) is 0 Å². The van der Waals surface area contributed by atoms with Crippen LogP contribution >= 0.6 is 0 Å². The van der Waals surface area contributed by atoms with Crippen LogP contribution in [0, 0.1) is 5.92 Å². The zero-order valence-electron chi connectivity index (χ0n) is 8.83. The maximum absolute atomic E-state index is 10.8. The van der Waals surface area contributed by atoms with E-state index in [0.29, 0.717) is 0 Å². The van der Waals surface area contributed by atoms with Crippen LogP contribution in [0.15, 0.2) is 0 Å². The summed E-state index contributed by atoms with van der Waals surface area (Å²) < 4.78 is 10.4. The Morgan fingerprint density at radius 1 is 1.38 bits per heavy atom. The molecule has 0 aromatic rings. The summed E-state index contributed by atoms with van der Waals surface area (Å²) in [6.45, 7) is 5.42. The number of hydrogen-bond acceptors (Lipinski definition) is 3. The standard InChI is InChI=1S/C8H18O4Si/c1-6(7(9)10)8(2,3)13(11-4)12-5/h6,13H,1-5H3,(H,9,10). The summed E-state index contributed by atoms with van der Waals surface area (Å²) in [7, 11) is 1.24. The van der Waals surface area contributed by atoms with E-state index in [-0.39, 0.29) is 0 Å². The van der Waals surface area contributed by atoms with Gasteiger partial charge in [0.25, 0.3) is 0 Å². The van der Waals surface area contributed by atoms with Gasteiger partial charge < -0.3 is 14.0 Å². The van der Waals surface area contributed by atoms with E-state index in [1.165, 1.54) is 0 Å². The third-order valence-electron chi connectivity index (χ3n) is 2.52. The summed E-state index contributed by atoms with van der Waals surface area (Å²) in [6.07, 6.45) is 0. The lowest BCUT2D eigenvalue weighted by molar-refractivity contribution is -0.142. The minimum absolute atomic E-state index is 0.407. The van der Waals surface area contributed by atoms with Crippen molar-refractivity contribution in [3.8, 4) is 0 Å². The van der Waals surface area contributed by atoms with Crippen molar-refractivity contribution in [2.24, 2.45) is 5.92 Å². The number of carboxylic acid groups (broad SMARTS) is 1. The van der Waals surface area contributed by atoms with Crippen LogP contribution in [0.2, 0.25) is 5.04 Å². The SMILES string of the molecule is CO[SiH](OC)C(C)(C)C(C)C(=O)O. The predicted molar refractivity (Wildman–Crippen MR) is 52.0 cm³/mol. The molecule has 0 bridgehead atoms. The van der Waals surface area contributed by atoms with Crippen LogP contribution in [-0.2, 0) is 13.6 Å². The van der Waals surface area contributed by atoms with Crippen LogP contribution in [0.4, 0.5) is 0 Å². The highest BCUT2D eigenvalue weighted by molar-refractivity contribution is 6.48. The number of carbonyl (C=O) groups is 1. The highest BCUT2D eigenvalue weighted by Crippen LogP contribution is 2.38. The first kappa shape index (κ1) is 12.6. The van der Waals surface area contributed by atoms with Crippen LogP contribution < -0.4 is 0 Å². The zero-order chi connectivity index (χ0) is 10.6. The molecule has 13 heavy (non-hydrogen) atoms. The molecular weight excluding hydrogens is 188 g/mol. The van der Waals surface area contributed by atoms with E-state index in [0.717, 1.165) is 0 Å². The van der Waals surface area contributed by atoms with E-state index in [1.807, 2.05) is 13.8 Å². The largest absolute Gasteiger partial charge is 0.481 e. The van der Waals surface area contributed by atoms with Gasteiger partial charge in [-0.3, -0.25) is 4.79 Å². The molecule has 0 heterocycles. The monoisotopic (exact) mass is 206 g/mol. The third kappa shape index (κ3) is 2.79. The predicted octanol–water partition coefficient (Wildman–Crippen LogP) is 1.00. The Morgan fingerprint density at radius 2 is 1.77 bits per heavy atom. The van der Waals surface area contributed by atoms with Gasteiger partial charge in [-0.1, -0.05) is 20.8 Å². The van der Waals surface area contributed by atoms with Gasteiger partial charge in [-0.25, -0.2) is 0 Å². The molecule has 0 amide bonds. The average Bonchev–Trinajstić information content (AvgIpc) is 2.04. The summed E-state index contributed by atoms with van der Waals surface area (Å²) in [6, 6.07) is 0. The van der Waals surface area contributed by atoms with Gasteiger partial charge in [0.05, 0.1) is 5.92 Å². The normalized spacial score (nSPS) is 14.6. The molecule has 0 fully saturated rings. The van der Waals surface area contributed by atoms with Crippen LogP contribution in [0.1, 0.15) is 20.8 Å². The molecule has 5 heteroatoms. The van der Waals surface area contributed by atoms with Crippen LogP contribution in [0.25, 0.3) is 0 Å². The molecule has 0 aromatic heterocycles. The molecule has 0 radical (unpaired) electrons. The van der Waals surface area contributed by atoms with E-state index in [2.05, 4.69) is 0 Å². The zero-order valence-corrected chi connectivity index (χ0v) is 9.98. The fourth-order valence-electron chi connectivity index (χ4n) is 1.23. The van der Waals surface area contributed by atoms with Gasteiger partial charge in [-0.05, 0) is 0 Å². The quantitative estimate of drug-likeness (QED) is 0.682. The molecule has 78 valence electrons. The maximum atomic E-state index is 10.8. The lowest BCUT2D eigenvalue weighted by Crippen LogP contribution is -2.40. The Kier molecular flexibility index (Phi) is 4.59. The first-order chi connectivity index (χ1) is 5.87. The van der Waals surface area contributed by atoms with Crippen molar-refractivity contribution in [3.63, 3.8) is 0 Å². The third-order valence-corrected chi connectivity index (χ3v) is 5.09. The van der Waals surface area contributed by atoms with Crippen LogP contribution in [-0.4, -0.2) is 34.6 Å². The van der Waals surface area contributed by atoms with E-state index in [1.54, 1.807) is 21.1 Å². The Labute approximate surface area is 80.7 Å². The molecule has 0 aliphatic heterocycles. The van der Waals surface area contributed by atoms with Crippen molar-refractivity contribution in [1.82, 2.24) is 0 Å². The first-order valence-electron chi connectivity index (χ1n) is 4.16. The molecule has 1 unspecified atom stereocenters.